The Kier molecular flexibility index (Phi) is 4.41. The van der Waals surface area contributed by atoms with E-state index in [0.717, 1.165) is 31.0 Å². The summed E-state index contributed by atoms with van der Waals surface area (Å²) in [6.45, 7) is 2.85. The lowest BCUT2D eigenvalue weighted by Gasteiger charge is -2.19. The summed E-state index contributed by atoms with van der Waals surface area (Å²) in [6.07, 6.45) is 1.19. The first-order valence-corrected chi connectivity index (χ1v) is 6.93. The van der Waals surface area contributed by atoms with E-state index < -0.39 is 0 Å². The van der Waals surface area contributed by atoms with Crippen LogP contribution in [0.15, 0.2) is 18.2 Å². The summed E-state index contributed by atoms with van der Waals surface area (Å²) in [5, 5.41) is 8.80. The maximum Gasteiger partial charge on any atom is 0.124 e. The molecule has 0 radical (unpaired) electrons. The van der Waals surface area contributed by atoms with E-state index >= 15 is 0 Å². The summed E-state index contributed by atoms with van der Waals surface area (Å²) in [4.78, 5) is 2.33. The molecule has 1 aliphatic heterocycles. The first kappa shape index (κ1) is 12.4. The van der Waals surface area contributed by atoms with E-state index in [2.05, 4.69) is 4.90 Å². The number of hydrogen-bond donors (Lipinski definition) is 0. The van der Waals surface area contributed by atoms with Crippen LogP contribution in [0.25, 0.3) is 0 Å². The molecule has 0 saturated carbocycles. The molecule has 1 fully saturated rings. The van der Waals surface area contributed by atoms with Gasteiger partial charge in [0, 0.05) is 18.8 Å². The summed E-state index contributed by atoms with van der Waals surface area (Å²) in [5.74, 6) is 2.03. The second-order valence-electron chi connectivity index (χ2n) is 4.20. The fraction of sp³-hybridized carbons (Fsp3) is 0.462. The van der Waals surface area contributed by atoms with E-state index in [1.54, 1.807) is 6.07 Å². The summed E-state index contributed by atoms with van der Waals surface area (Å²) < 4.78 is 13.3. The van der Waals surface area contributed by atoms with Crippen molar-refractivity contribution in [1.29, 1.82) is 5.26 Å². The van der Waals surface area contributed by atoms with Crippen LogP contribution < -0.4 is 0 Å². The number of benzene rings is 1. The van der Waals surface area contributed by atoms with Crippen molar-refractivity contribution in [2.45, 2.75) is 13.0 Å². The van der Waals surface area contributed by atoms with Crippen molar-refractivity contribution in [1.82, 2.24) is 4.90 Å². The number of halogens is 1. The zero-order valence-corrected chi connectivity index (χ0v) is 10.5. The number of rotatable bonds is 2. The standard InChI is InChI=1S/C13H15FN2S/c14-13-7-11(9-15)6-12(8-13)10-16-2-1-4-17-5-3-16/h6-8H,1-5,10H2. The van der Waals surface area contributed by atoms with Gasteiger partial charge in [-0.25, -0.2) is 4.39 Å². The molecule has 0 atom stereocenters. The second kappa shape index (κ2) is 6.04. The van der Waals surface area contributed by atoms with Crippen molar-refractivity contribution in [2.75, 3.05) is 24.6 Å². The quantitative estimate of drug-likeness (QED) is 0.807. The van der Waals surface area contributed by atoms with Crippen molar-refractivity contribution in [3.8, 4) is 6.07 Å². The third-order valence-electron chi connectivity index (χ3n) is 2.81. The van der Waals surface area contributed by atoms with Gasteiger partial charge in [0.1, 0.15) is 5.82 Å². The Morgan fingerprint density at radius 2 is 2.18 bits per heavy atom. The van der Waals surface area contributed by atoms with E-state index in [1.807, 2.05) is 17.8 Å². The van der Waals surface area contributed by atoms with Crippen LogP contribution in [-0.4, -0.2) is 29.5 Å². The Bertz CT molecular complexity index is 420. The molecule has 0 aromatic heterocycles. The van der Waals surface area contributed by atoms with Crippen molar-refractivity contribution in [2.24, 2.45) is 0 Å². The highest BCUT2D eigenvalue weighted by Crippen LogP contribution is 2.15. The minimum atomic E-state index is -0.316. The maximum absolute atomic E-state index is 13.3. The molecular weight excluding hydrogens is 235 g/mol. The SMILES string of the molecule is N#Cc1cc(F)cc(CN2CCCSCC2)c1. The number of thioether (sulfide) groups is 1. The van der Waals surface area contributed by atoms with Crippen LogP contribution in [0.5, 0.6) is 0 Å². The lowest BCUT2D eigenvalue weighted by Crippen LogP contribution is -2.25. The minimum absolute atomic E-state index is 0.316. The van der Waals surface area contributed by atoms with Gasteiger partial charge in [-0.2, -0.15) is 17.0 Å². The molecule has 90 valence electrons. The molecule has 0 aliphatic carbocycles. The Hall–Kier alpha value is -1.05. The van der Waals surface area contributed by atoms with Gasteiger partial charge in [-0.3, -0.25) is 4.90 Å². The highest BCUT2D eigenvalue weighted by atomic mass is 32.2. The normalized spacial score (nSPS) is 17.4. The zero-order valence-electron chi connectivity index (χ0n) is 9.66. The van der Waals surface area contributed by atoms with E-state index in [1.165, 1.54) is 24.3 Å². The fourth-order valence-corrected chi connectivity index (χ4v) is 2.94. The van der Waals surface area contributed by atoms with E-state index in [4.69, 9.17) is 5.26 Å². The van der Waals surface area contributed by atoms with E-state index in [9.17, 15) is 4.39 Å². The fourth-order valence-electron chi connectivity index (χ4n) is 2.02. The van der Waals surface area contributed by atoms with E-state index in [0.29, 0.717) is 5.56 Å². The predicted octanol–water partition coefficient (Wildman–Crippen LogP) is 2.64. The van der Waals surface area contributed by atoms with Gasteiger partial charge in [0.25, 0.3) is 0 Å². The molecule has 1 aliphatic rings. The lowest BCUT2D eigenvalue weighted by molar-refractivity contribution is 0.287. The highest BCUT2D eigenvalue weighted by molar-refractivity contribution is 7.99. The second-order valence-corrected chi connectivity index (χ2v) is 5.43. The molecule has 0 spiro atoms. The zero-order chi connectivity index (χ0) is 12.1. The van der Waals surface area contributed by atoms with Gasteiger partial charge in [0.15, 0.2) is 0 Å². The molecule has 0 bridgehead atoms. The van der Waals surface area contributed by atoms with Crippen LogP contribution in [0, 0.1) is 17.1 Å². The highest BCUT2D eigenvalue weighted by Gasteiger charge is 2.10. The van der Waals surface area contributed by atoms with Crippen LogP contribution >= 0.6 is 11.8 Å². The van der Waals surface area contributed by atoms with Crippen molar-refractivity contribution >= 4 is 11.8 Å². The van der Waals surface area contributed by atoms with Gasteiger partial charge in [-0.1, -0.05) is 0 Å². The third kappa shape index (κ3) is 3.72. The summed E-state index contributed by atoms with van der Waals surface area (Å²) >= 11 is 1.97. The Balaban J connectivity index is 2.06. The van der Waals surface area contributed by atoms with Gasteiger partial charge < -0.3 is 0 Å². The molecule has 1 aromatic carbocycles. The molecule has 2 nitrogen and oxygen atoms in total. The Morgan fingerprint density at radius 1 is 1.29 bits per heavy atom. The van der Waals surface area contributed by atoms with Gasteiger partial charge >= 0.3 is 0 Å². The average Bonchev–Trinajstić information content (AvgIpc) is 2.57. The van der Waals surface area contributed by atoms with Gasteiger partial charge in [-0.05, 0) is 42.5 Å². The first-order valence-electron chi connectivity index (χ1n) is 5.77. The molecule has 2 rings (SSSR count). The van der Waals surface area contributed by atoms with Crippen molar-refractivity contribution in [3.63, 3.8) is 0 Å². The molecule has 0 unspecified atom stereocenters. The van der Waals surface area contributed by atoms with Crippen LogP contribution in [-0.2, 0) is 6.54 Å². The van der Waals surface area contributed by atoms with Crippen LogP contribution in [0.4, 0.5) is 4.39 Å². The Morgan fingerprint density at radius 3 is 3.00 bits per heavy atom. The van der Waals surface area contributed by atoms with Gasteiger partial charge in [0.2, 0.25) is 0 Å². The van der Waals surface area contributed by atoms with Crippen LogP contribution in [0.1, 0.15) is 17.5 Å². The molecule has 17 heavy (non-hydrogen) atoms. The maximum atomic E-state index is 13.3. The molecule has 1 saturated heterocycles. The van der Waals surface area contributed by atoms with Gasteiger partial charge in [0.05, 0.1) is 11.6 Å². The monoisotopic (exact) mass is 250 g/mol. The number of hydrogen-bond acceptors (Lipinski definition) is 3. The number of nitrogens with zero attached hydrogens (tertiary/aromatic N) is 2. The molecule has 1 aromatic rings. The smallest absolute Gasteiger partial charge is 0.124 e. The molecule has 0 amide bonds. The lowest BCUT2D eigenvalue weighted by atomic mass is 10.1. The average molecular weight is 250 g/mol. The number of nitriles is 1. The third-order valence-corrected chi connectivity index (χ3v) is 3.86. The van der Waals surface area contributed by atoms with Gasteiger partial charge in [-0.15, -0.1) is 0 Å². The van der Waals surface area contributed by atoms with Crippen LogP contribution in [0.3, 0.4) is 0 Å². The first-order chi connectivity index (χ1) is 8.28. The van der Waals surface area contributed by atoms with Crippen molar-refractivity contribution in [3.05, 3.63) is 35.1 Å². The predicted molar refractivity (Wildman–Crippen MR) is 68.3 cm³/mol. The summed E-state index contributed by atoms with van der Waals surface area (Å²) in [5.41, 5.74) is 1.30. The summed E-state index contributed by atoms with van der Waals surface area (Å²) in [7, 11) is 0. The molecule has 1 heterocycles. The molecular formula is C13H15FN2S. The largest absolute Gasteiger partial charge is 0.298 e. The van der Waals surface area contributed by atoms with E-state index in [-0.39, 0.29) is 5.82 Å². The minimum Gasteiger partial charge on any atom is -0.298 e. The molecule has 0 N–H and O–H groups in total. The molecule has 4 heteroatoms. The topological polar surface area (TPSA) is 27.0 Å². The van der Waals surface area contributed by atoms with Crippen molar-refractivity contribution < 1.29 is 4.39 Å². The Labute approximate surface area is 105 Å². The van der Waals surface area contributed by atoms with Crippen LogP contribution in [0.2, 0.25) is 0 Å². The summed E-state index contributed by atoms with van der Waals surface area (Å²) in [6, 6.07) is 6.58.